The summed E-state index contributed by atoms with van der Waals surface area (Å²) in [5.41, 5.74) is 1.13. The molecule has 2 aromatic rings. The molecule has 1 saturated heterocycles. The Morgan fingerprint density at radius 2 is 1.97 bits per heavy atom. The molecule has 0 radical (unpaired) electrons. The Balaban J connectivity index is 1.99. The molecule has 1 aliphatic rings. The number of likely N-dealkylation sites (tertiary alicyclic amines) is 1. The monoisotopic (exact) mass is 414 g/mol. The number of hydrogen-bond acceptors (Lipinski definition) is 5. The fourth-order valence-corrected chi connectivity index (χ4v) is 3.44. The number of Topliss-reactive ketones (excluding diaryl/α,β-unsaturated/α-hetero) is 1. The number of carbonyl (C=O) groups is 2. The number of benzene rings is 1. The molecule has 1 aromatic carbocycles. The van der Waals surface area contributed by atoms with Crippen LogP contribution in [0.4, 0.5) is 0 Å². The van der Waals surface area contributed by atoms with E-state index in [2.05, 4.69) is 4.98 Å². The lowest BCUT2D eigenvalue weighted by Gasteiger charge is -2.25. The van der Waals surface area contributed by atoms with Crippen LogP contribution in [0.25, 0.3) is 5.76 Å². The summed E-state index contributed by atoms with van der Waals surface area (Å²) in [7, 11) is 0. The van der Waals surface area contributed by atoms with Crippen LogP contribution in [0, 0.1) is 0 Å². The standard InChI is InChI=1S/C22H23ClN2O4/c1-14(2)29-12-4-11-25-19(16-5-3-10-24-13-16)18(21(27)22(25)28)20(26)15-6-8-17(23)9-7-15/h3,5-10,13-14,19,26H,4,11-12H2,1-2H3/b20-18+. The van der Waals surface area contributed by atoms with Gasteiger partial charge in [-0.1, -0.05) is 17.7 Å². The van der Waals surface area contributed by atoms with Crippen molar-refractivity contribution in [2.75, 3.05) is 13.2 Å². The van der Waals surface area contributed by atoms with Crippen LogP contribution in [-0.4, -0.2) is 45.9 Å². The van der Waals surface area contributed by atoms with Gasteiger partial charge in [0.05, 0.1) is 17.7 Å². The van der Waals surface area contributed by atoms with Gasteiger partial charge in [0.1, 0.15) is 5.76 Å². The van der Waals surface area contributed by atoms with Crippen LogP contribution < -0.4 is 0 Å². The first-order valence-electron chi connectivity index (χ1n) is 9.46. The van der Waals surface area contributed by atoms with Crippen molar-refractivity contribution in [3.8, 4) is 0 Å². The van der Waals surface area contributed by atoms with E-state index in [1.165, 1.54) is 4.90 Å². The van der Waals surface area contributed by atoms with Crippen LogP contribution in [0.3, 0.4) is 0 Å². The molecule has 1 amide bonds. The van der Waals surface area contributed by atoms with Crippen molar-refractivity contribution < 1.29 is 19.4 Å². The topological polar surface area (TPSA) is 79.7 Å². The van der Waals surface area contributed by atoms with E-state index < -0.39 is 17.7 Å². The molecule has 0 spiro atoms. The third kappa shape index (κ3) is 4.66. The molecule has 0 saturated carbocycles. The average Bonchev–Trinajstić information content (AvgIpc) is 2.96. The minimum absolute atomic E-state index is 0.0510. The molecular weight excluding hydrogens is 392 g/mol. The van der Waals surface area contributed by atoms with Gasteiger partial charge in [-0.3, -0.25) is 14.6 Å². The summed E-state index contributed by atoms with van der Waals surface area (Å²) in [6, 6.07) is 9.28. The van der Waals surface area contributed by atoms with E-state index in [1.54, 1.807) is 48.8 Å². The van der Waals surface area contributed by atoms with E-state index in [1.807, 2.05) is 13.8 Å². The summed E-state index contributed by atoms with van der Waals surface area (Å²) < 4.78 is 5.55. The number of hydrogen-bond donors (Lipinski definition) is 1. The van der Waals surface area contributed by atoms with Gasteiger partial charge in [0.25, 0.3) is 11.7 Å². The zero-order valence-electron chi connectivity index (χ0n) is 16.3. The van der Waals surface area contributed by atoms with Gasteiger partial charge >= 0.3 is 0 Å². The van der Waals surface area contributed by atoms with Gasteiger partial charge < -0.3 is 14.7 Å². The number of ether oxygens (including phenoxy) is 1. The molecule has 1 unspecified atom stereocenters. The quantitative estimate of drug-likeness (QED) is 0.321. The lowest BCUT2D eigenvalue weighted by atomic mass is 9.96. The second-order valence-electron chi connectivity index (χ2n) is 7.06. The number of carbonyl (C=O) groups excluding carboxylic acids is 2. The highest BCUT2D eigenvalue weighted by molar-refractivity contribution is 6.46. The van der Waals surface area contributed by atoms with Crippen LogP contribution in [0.2, 0.25) is 5.02 Å². The van der Waals surface area contributed by atoms with Crippen molar-refractivity contribution in [1.29, 1.82) is 0 Å². The Morgan fingerprint density at radius 1 is 1.24 bits per heavy atom. The number of ketones is 1. The van der Waals surface area contributed by atoms with E-state index in [0.29, 0.717) is 35.7 Å². The predicted octanol–water partition coefficient (Wildman–Crippen LogP) is 3.97. The van der Waals surface area contributed by atoms with Crippen molar-refractivity contribution in [1.82, 2.24) is 9.88 Å². The fourth-order valence-electron chi connectivity index (χ4n) is 3.31. The number of pyridine rings is 1. The molecule has 152 valence electrons. The Morgan fingerprint density at radius 3 is 2.59 bits per heavy atom. The van der Waals surface area contributed by atoms with Crippen LogP contribution in [0.5, 0.6) is 0 Å². The highest BCUT2D eigenvalue weighted by Gasteiger charge is 2.45. The first-order valence-corrected chi connectivity index (χ1v) is 9.84. The number of amides is 1. The van der Waals surface area contributed by atoms with Crippen LogP contribution in [-0.2, 0) is 14.3 Å². The van der Waals surface area contributed by atoms with Crippen LogP contribution >= 0.6 is 11.6 Å². The van der Waals surface area contributed by atoms with Crippen LogP contribution in [0.15, 0.2) is 54.4 Å². The molecule has 1 atom stereocenters. The zero-order valence-corrected chi connectivity index (χ0v) is 17.1. The average molecular weight is 415 g/mol. The molecule has 0 aliphatic carbocycles. The van der Waals surface area contributed by atoms with Gasteiger partial charge in [-0.15, -0.1) is 0 Å². The Bertz CT molecular complexity index is 910. The number of nitrogens with zero attached hydrogens (tertiary/aromatic N) is 2. The minimum Gasteiger partial charge on any atom is -0.507 e. The minimum atomic E-state index is -0.712. The maximum Gasteiger partial charge on any atom is 0.295 e. The smallest absolute Gasteiger partial charge is 0.295 e. The van der Waals surface area contributed by atoms with Gasteiger partial charge in [-0.05, 0) is 56.2 Å². The molecule has 3 rings (SSSR count). The summed E-state index contributed by atoms with van der Waals surface area (Å²) in [6.45, 7) is 4.67. The highest BCUT2D eigenvalue weighted by Crippen LogP contribution is 2.39. The molecular formula is C22H23ClN2O4. The molecule has 1 fully saturated rings. The van der Waals surface area contributed by atoms with Crippen molar-refractivity contribution in [2.45, 2.75) is 32.4 Å². The van der Waals surface area contributed by atoms with Crippen molar-refractivity contribution in [3.63, 3.8) is 0 Å². The number of aromatic nitrogens is 1. The third-order valence-electron chi connectivity index (χ3n) is 4.65. The maximum absolute atomic E-state index is 12.8. The number of aliphatic hydroxyl groups is 1. The van der Waals surface area contributed by atoms with E-state index >= 15 is 0 Å². The van der Waals surface area contributed by atoms with Crippen molar-refractivity contribution in [3.05, 3.63) is 70.5 Å². The predicted molar refractivity (Wildman–Crippen MR) is 110 cm³/mol. The Hall–Kier alpha value is -2.70. The van der Waals surface area contributed by atoms with Gasteiger partial charge in [0.2, 0.25) is 0 Å². The largest absolute Gasteiger partial charge is 0.507 e. The molecule has 7 heteroatoms. The lowest BCUT2D eigenvalue weighted by Crippen LogP contribution is -2.31. The van der Waals surface area contributed by atoms with E-state index in [4.69, 9.17) is 16.3 Å². The molecule has 6 nitrogen and oxygen atoms in total. The van der Waals surface area contributed by atoms with Crippen LogP contribution in [0.1, 0.15) is 37.4 Å². The van der Waals surface area contributed by atoms with E-state index in [-0.39, 0.29) is 17.4 Å². The molecule has 1 aliphatic heterocycles. The third-order valence-corrected chi connectivity index (χ3v) is 4.90. The summed E-state index contributed by atoms with van der Waals surface area (Å²) in [4.78, 5) is 31.2. The summed E-state index contributed by atoms with van der Waals surface area (Å²) >= 11 is 5.92. The number of aliphatic hydroxyl groups excluding tert-OH is 1. The van der Waals surface area contributed by atoms with Gasteiger partial charge in [0.15, 0.2) is 0 Å². The molecule has 1 N–H and O–H groups in total. The van der Waals surface area contributed by atoms with Crippen molar-refractivity contribution in [2.24, 2.45) is 0 Å². The molecule has 29 heavy (non-hydrogen) atoms. The molecule has 2 heterocycles. The summed E-state index contributed by atoms with van der Waals surface area (Å²) in [6.07, 6.45) is 3.88. The first-order chi connectivity index (χ1) is 13.9. The molecule has 0 bridgehead atoms. The second-order valence-corrected chi connectivity index (χ2v) is 7.50. The zero-order chi connectivity index (χ0) is 21.0. The SMILES string of the molecule is CC(C)OCCCN1C(=O)C(=O)/C(=C(/O)c2ccc(Cl)cc2)C1c1cccnc1. The van der Waals surface area contributed by atoms with Crippen molar-refractivity contribution >= 4 is 29.1 Å². The first kappa shape index (κ1) is 21.0. The Kier molecular flexibility index (Phi) is 6.67. The molecule has 1 aromatic heterocycles. The summed E-state index contributed by atoms with van der Waals surface area (Å²) in [5.74, 6) is -1.58. The van der Waals surface area contributed by atoms with E-state index in [0.717, 1.165) is 0 Å². The fraction of sp³-hybridized carbons (Fsp3) is 0.318. The van der Waals surface area contributed by atoms with Gasteiger partial charge in [0, 0.05) is 36.1 Å². The number of halogens is 1. The normalized spacial score (nSPS) is 18.6. The van der Waals surface area contributed by atoms with Gasteiger partial charge in [-0.2, -0.15) is 0 Å². The summed E-state index contributed by atoms with van der Waals surface area (Å²) in [5, 5.41) is 11.4. The van der Waals surface area contributed by atoms with E-state index in [9.17, 15) is 14.7 Å². The highest BCUT2D eigenvalue weighted by atomic mass is 35.5. The second kappa shape index (κ2) is 9.20. The lowest BCUT2D eigenvalue weighted by molar-refractivity contribution is -0.140. The number of rotatable bonds is 7. The maximum atomic E-state index is 12.8. The van der Waals surface area contributed by atoms with Gasteiger partial charge in [-0.25, -0.2) is 0 Å². The Labute approximate surface area is 174 Å².